The van der Waals surface area contributed by atoms with Crippen LogP contribution in [0.4, 0.5) is 0 Å². The van der Waals surface area contributed by atoms with Crippen LogP contribution in [0.5, 0.6) is 0 Å². The number of aliphatic hydroxyl groups is 1. The van der Waals surface area contributed by atoms with Crippen molar-refractivity contribution in [3.63, 3.8) is 0 Å². The predicted molar refractivity (Wildman–Crippen MR) is 161 cm³/mol. The van der Waals surface area contributed by atoms with E-state index in [-0.39, 0.29) is 29.3 Å². The molecule has 0 radical (unpaired) electrons. The third-order valence-electron chi connectivity index (χ3n) is 8.76. The Labute approximate surface area is 229 Å². The highest BCUT2D eigenvalue weighted by molar-refractivity contribution is 7.04. The van der Waals surface area contributed by atoms with Gasteiger partial charge in [-0.3, -0.25) is 0 Å². The van der Waals surface area contributed by atoms with E-state index in [2.05, 4.69) is 142 Å². The van der Waals surface area contributed by atoms with Gasteiger partial charge in [-0.1, -0.05) is 152 Å². The first-order valence-electron chi connectivity index (χ1n) is 13.9. The van der Waals surface area contributed by atoms with Crippen LogP contribution in [0, 0.1) is 0 Å². The van der Waals surface area contributed by atoms with Gasteiger partial charge < -0.3 is 9.84 Å². The lowest BCUT2D eigenvalue weighted by atomic mass is 9.70. The molecule has 1 heterocycles. The van der Waals surface area contributed by atoms with Gasteiger partial charge >= 0.3 is 0 Å². The molecule has 3 atom stereocenters. The Balaban J connectivity index is 1.65. The fourth-order valence-electron chi connectivity index (χ4n) is 6.80. The van der Waals surface area contributed by atoms with Crippen LogP contribution in [0.15, 0.2) is 121 Å². The quantitative estimate of drug-likeness (QED) is 0.269. The van der Waals surface area contributed by atoms with Crippen molar-refractivity contribution in [1.82, 2.24) is 0 Å². The van der Waals surface area contributed by atoms with Gasteiger partial charge in [0.05, 0.1) is 18.8 Å². The summed E-state index contributed by atoms with van der Waals surface area (Å²) >= 11 is 0. The first-order valence-corrected chi connectivity index (χ1v) is 16.1. The Kier molecular flexibility index (Phi) is 7.72. The molecule has 0 aliphatic carbocycles. The first kappa shape index (κ1) is 26.6. The molecular weight excluding hydrogens is 480 g/mol. The molecule has 196 valence electrons. The van der Waals surface area contributed by atoms with E-state index in [1.54, 1.807) is 0 Å². The van der Waals surface area contributed by atoms with Crippen LogP contribution in [-0.2, 0) is 10.2 Å². The van der Waals surface area contributed by atoms with Crippen LogP contribution >= 0.6 is 0 Å². The average molecular weight is 521 g/mol. The third-order valence-corrected chi connectivity index (χ3v) is 15.0. The third kappa shape index (κ3) is 5.03. The molecule has 1 fully saturated rings. The van der Waals surface area contributed by atoms with Gasteiger partial charge in [0.2, 0.25) is 0 Å². The molecule has 4 aromatic carbocycles. The molecule has 2 nitrogen and oxygen atoms in total. The molecule has 1 N–H and O–H groups in total. The van der Waals surface area contributed by atoms with E-state index < -0.39 is 8.07 Å². The largest absolute Gasteiger partial charge is 0.395 e. The molecule has 1 aliphatic heterocycles. The monoisotopic (exact) mass is 520 g/mol. The standard InChI is InChI=1S/C35H40O2Si/c1-34(2,3)38(31-20-12-6-13-21-31,32-22-14-7-15-23-32)26-30-24-35(27-36,29-18-10-5-11-19-29)25-33(37-30)28-16-8-4-9-17-28/h4-23,30,33,36H,24-27H2,1-3H3/t30-,33+,35-/m0/s1. The van der Waals surface area contributed by atoms with Crippen molar-refractivity contribution in [2.75, 3.05) is 6.61 Å². The molecule has 5 rings (SSSR count). The normalized spacial score (nSPS) is 22.2. The van der Waals surface area contributed by atoms with Gasteiger partial charge in [-0.25, -0.2) is 0 Å². The van der Waals surface area contributed by atoms with Crippen LogP contribution in [0.1, 0.15) is 50.8 Å². The van der Waals surface area contributed by atoms with Crippen LogP contribution in [0.25, 0.3) is 0 Å². The second-order valence-electron chi connectivity index (χ2n) is 12.0. The summed E-state index contributed by atoms with van der Waals surface area (Å²) in [6.45, 7) is 7.34. The van der Waals surface area contributed by atoms with Crippen LogP contribution < -0.4 is 10.4 Å². The molecule has 3 heteroatoms. The van der Waals surface area contributed by atoms with Crippen molar-refractivity contribution in [3.05, 3.63) is 132 Å². The summed E-state index contributed by atoms with van der Waals surface area (Å²) in [5.41, 5.74) is 2.04. The Morgan fingerprint density at radius 3 is 1.66 bits per heavy atom. The first-order chi connectivity index (χ1) is 18.4. The summed E-state index contributed by atoms with van der Waals surface area (Å²) in [5, 5.41) is 14.0. The van der Waals surface area contributed by atoms with Crippen LogP contribution in [-0.4, -0.2) is 25.9 Å². The lowest BCUT2D eigenvalue weighted by Crippen LogP contribution is -2.66. The van der Waals surface area contributed by atoms with E-state index in [9.17, 15) is 5.11 Å². The topological polar surface area (TPSA) is 29.5 Å². The zero-order chi connectivity index (χ0) is 26.6. The molecule has 0 amide bonds. The fraction of sp³-hybridized carbons (Fsp3) is 0.314. The summed E-state index contributed by atoms with van der Waals surface area (Å²) in [4.78, 5) is 0. The van der Waals surface area contributed by atoms with Gasteiger partial charge in [-0.2, -0.15) is 0 Å². The summed E-state index contributed by atoms with van der Waals surface area (Å²) < 4.78 is 7.07. The minimum atomic E-state index is -2.35. The summed E-state index contributed by atoms with van der Waals surface area (Å²) in [5.74, 6) is 0. The van der Waals surface area contributed by atoms with Crippen molar-refractivity contribution in [2.24, 2.45) is 0 Å². The van der Waals surface area contributed by atoms with E-state index in [1.807, 2.05) is 0 Å². The number of rotatable bonds is 7. The maximum Gasteiger partial charge on any atom is 0.125 e. The van der Waals surface area contributed by atoms with Crippen molar-refractivity contribution in [2.45, 2.75) is 62.3 Å². The summed E-state index contributed by atoms with van der Waals surface area (Å²) in [6, 6.07) is 44.4. The minimum Gasteiger partial charge on any atom is -0.395 e. The maximum absolute atomic E-state index is 11.0. The zero-order valence-corrected chi connectivity index (χ0v) is 23.9. The van der Waals surface area contributed by atoms with E-state index in [4.69, 9.17) is 4.74 Å². The van der Waals surface area contributed by atoms with Crippen molar-refractivity contribution in [1.29, 1.82) is 0 Å². The van der Waals surface area contributed by atoms with Crippen LogP contribution in [0.3, 0.4) is 0 Å². The van der Waals surface area contributed by atoms with Crippen molar-refractivity contribution >= 4 is 18.4 Å². The molecule has 0 aromatic heterocycles. The molecule has 0 unspecified atom stereocenters. The number of benzene rings is 4. The lowest BCUT2D eigenvalue weighted by Gasteiger charge is -2.50. The molecule has 38 heavy (non-hydrogen) atoms. The molecule has 4 aromatic rings. The average Bonchev–Trinajstić information content (AvgIpc) is 2.97. The number of aliphatic hydroxyl groups excluding tert-OH is 1. The highest BCUT2D eigenvalue weighted by Crippen LogP contribution is 2.49. The highest BCUT2D eigenvalue weighted by atomic mass is 28.3. The Hall–Kier alpha value is -2.98. The molecule has 1 saturated heterocycles. The summed E-state index contributed by atoms with van der Waals surface area (Å²) in [7, 11) is -2.35. The Morgan fingerprint density at radius 1 is 0.711 bits per heavy atom. The molecular formula is C35H40O2Si. The van der Waals surface area contributed by atoms with Crippen LogP contribution in [0.2, 0.25) is 11.1 Å². The van der Waals surface area contributed by atoms with Gasteiger partial charge in [0.15, 0.2) is 0 Å². The zero-order valence-electron chi connectivity index (χ0n) is 22.9. The number of ether oxygens (including phenoxy) is 1. The van der Waals surface area contributed by atoms with Gasteiger partial charge in [0.1, 0.15) is 8.07 Å². The smallest absolute Gasteiger partial charge is 0.125 e. The minimum absolute atomic E-state index is 0.00705. The van der Waals surface area contributed by atoms with Gasteiger partial charge in [-0.15, -0.1) is 0 Å². The van der Waals surface area contributed by atoms with E-state index in [1.165, 1.54) is 21.5 Å². The van der Waals surface area contributed by atoms with Crippen molar-refractivity contribution < 1.29 is 9.84 Å². The van der Waals surface area contributed by atoms with E-state index >= 15 is 0 Å². The highest BCUT2D eigenvalue weighted by Gasteiger charge is 2.52. The second kappa shape index (κ2) is 11.0. The van der Waals surface area contributed by atoms with Gasteiger partial charge in [0.25, 0.3) is 0 Å². The van der Waals surface area contributed by atoms with E-state index in [0.717, 1.165) is 18.9 Å². The van der Waals surface area contributed by atoms with Gasteiger partial charge in [-0.05, 0) is 35.1 Å². The second-order valence-corrected chi connectivity index (χ2v) is 16.8. The van der Waals surface area contributed by atoms with E-state index in [0.29, 0.717) is 0 Å². The number of hydrogen-bond donors (Lipinski definition) is 1. The fourth-order valence-corrected chi connectivity index (χ4v) is 12.4. The SMILES string of the molecule is CC(C)(C)[Si](C[C@@H]1C[C@](CO)(c2ccccc2)C[C@H](c2ccccc2)O1)(c1ccccc1)c1ccccc1. The Bertz CT molecular complexity index is 1250. The lowest BCUT2D eigenvalue weighted by molar-refractivity contribution is -0.0856. The number of hydrogen-bond acceptors (Lipinski definition) is 2. The Morgan fingerprint density at radius 2 is 1.18 bits per heavy atom. The van der Waals surface area contributed by atoms with Crippen molar-refractivity contribution in [3.8, 4) is 0 Å². The predicted octanol–water partition coefficient (Wildman–Crippen LogP) is 6.90. The molecule has 0 bridgehead atoms. The molecule has 0 spiro atoms. The molecule has 0 saturated carbocycles. The summed E-state index contributed by atoms with van der Waals surface area (Å²) in [6.07, 6.45) is 1.52. The molecule has 1 aliphatic rings. The maximum atomic E-state index is 11.0. The van der Waals surface area contributed by atoms with Gasteiger partial charge in [0, 0.05) is 5.41 Å².